The molecule has 17 heavy (non-hydrogen) atoms. The van der Waals surface area contributed by atoms with E-state index in [4.69, 9.17) is 16.3 Å². The van der Waals surface area contributed by atoms with Crippen LogP contribution in [0.5, 0.6) is 5.75 Å². The van der Waals surface area contributed by atoms with Crippen molar-refractivity contribution in [1.82, 2.24) is 20.1 Å². The zero-order valence-electron chi connectivity index (χ0n) is 9.05. The Morgan fingerprint density at radius 1 is 1.41 bits per heavy atom. The fourth-order valence-corrected chi connectivity index (χ4v) is 1.46. The fourth-order valence-electron chi connectivity index (χ4n) is 1.25. The van der Waals surface area contributed by atoms with Crippen LogP contribution in [-0.4, -0.2) is 33.8 Å². The Bertz CT molecular complexity index is 476. The van der Waals surface area contributed by atoms with Gasteiger partial charge in [0, 0.05) is 13.0 Å². The molecule has 0 bridgehead atoms. The highest BCUT2D eigenvalue weighted by atomic mass is 35.5. The molecule has 0 radical (unpaired) electrons. The van der Waals surface area contributed by atoms with Gasteiger partial charge in [-0.2, -0.15) is 4.98 Å². The molecule has 0 spiro atoms. The average Bonchev–Trinajstić information content (AvgIpc) is 2.82. The van der Waals surface area contributed by atoms with E-state index in [0.717, 1.165) is 0 Å². The molecule has 2 aromatic rings. The third-order valence-electron chi connectivity index (χ3n) is 2.01. The summed E-state index contributed by atoms with van der Waals surface area (Å²) in [5, 5.41) is 7.02. The fraction of sp³-hybridized carbons (Fsp3) is 0.333. The van der Waals surface area contributed by atoms with Crippen molar-refractivity contribution in [3.63, 3.8) is 0 Å². The summed E-state index contributed by atoms with van der Waals surface area (Å²) in [5.41, 5.74) is 0. The van der Waals surface area contributed by atoms with Crippen molar-refractivity contribution >= 4 is 17.4 Å². The molecule has 0 aromatic carbocycles. The van der Waals surface area contributed by atoms with E-state index < -0.39 is 0 Å². The van der Waals surface area contributed by atoms with Crippen molar-refractivity contribution in [2.24, 2.45) is 0 Å². The van der Waals surface area contributed by atoms with Crippen molar-refractivity contribution in [2.45, 2.75) is 6.42 Å². The zero-order valence-corrected chi connectivity index (χ0v) is 9.81. The number of nitrogens with one attached hydrogen (secondary N) is 1. The van der Waals surface area contributed by atoms with Gasteiger partial charge >= 0.3 is 0 Å². The van der Waals surface area contributed by atoms with Crippen LogP contribution >= 0.6 is 11.6 Å². The van der Waals surface area contributed by atoms with Crippen LogP contribution in [0.3, 0.4) is 0 Å². The number of halogens is 1. The van der Waals surface area contributed by atoms with E-state index in [1.807, 2.05) is 0 Å². The molecule has 2 rings (SSSR count). The molecule has 0 aliphatic carbocycles. The summed E-state index contributed by atoms with van der Waals surface area (Å²) >= 11 is 5.85. The smallest absolute Gasteiger partial charge is 0.213 e. The van der Waals surface area contributed by atoms with Gasteiger partial charge in [0.1, 0.15) is 6.33 Å². The number of hydrogen-bond acceptors (Lipinski definition) is 7. The van der Waals surface area contributed by atoms with Gasteiger partial charge in [0.05, 0.1) is 7.11 Å². The summed E-state index contributed by atoms with van der Waals surface area (Å²) in [7, 11) is 1.51. The highest BCUT2D eigenvalue weighted by molar-refractivity contribution is 6.31. The summed E-state index contributed by atoms with van der Waals surface area (Å²) in [6, 6.07) is 0. The van der Waals surface area contributed by atoms with E-state index >= 15 is 0 Å². The van der Waals surface area contributed by atoms with Crippen LogP contribution in [0.1, 0.15) is 5.82 Å². The van der Waals surface area contributed by atoms with Gasteiger partial charge < -0.3 is 14.6 Å². The van der Waals surface area contributed by atoms with Crippen LogP contribution in [0.4, 0.5) is 5.82 Å². The Hall–Kier alpha value is -1.89. The van der Waals surface area contributed by atoms with Gasteiger partial charge in [-0.05, 0) is 0 Å². The van der Waals surface area contributed by atoms with E-state index in [0.29, 0.717) is 30.4 Å². The number of anilines is 1. The normalized spacial score (nSPS) is 10.2. The third-order valence-corrected chi connectivity index (χ3v) is 2.28. The van der Waals surface area contributed by atoms with Crippen LogP contribution in [0.25, 0.3) is 0 Å². The molecule has 0 saturated carbocycles. The second kappa shape index (κ2) is 5.44. The Morgan fingerprint density at radius 2 is 2.29 bits per heavy atom. The Balaban J connectivity index is 1.97. The molecular weight excluding hydrogens is 246 g/mol. The molecule has 0 unspecified atom stereocenters. The van der Waals surface area contributed by atoms with Gasteiger partial charge in [0.25, 0.3) is 0 Å². The molecule has 0 aliphatic rings. The Labute approximate surface area is 102 Å². The van der Waals surface area contributed by atoms with Crippen LogP contribution in [0, 0.1) is 0 Å². The van der Waals surface area contributed by atoms with Gasteiger partial charge in [0.2, 0.25) is 6.39 Å². The van der Waals surface area contributed by atoms with E-state index in [1.165, 1.54) is 19.8 Å². The van der Waals surface area contributed by atoms with Crippen LogP contribution < -0.4 is 10.1 Å². The van der Waals surface area contributed by atoms with E-state index in [1.54, 1.807) is 0 Å². The van der Waals surface area contributed by atoms with Crippen molar-refractivity contribution in [3.05, 3.63) is 23.7 Å². The standard InChI is InChI=1S/C9H10ClN5O2/c1-16-7-8(10)12-4-13-9(7)11-3-2-6-14-5-17-15-6/h4-5H,2-3H2,1H3,(H,11,12,13). The summed E-state index contributed by atoms with van der Waals surface area (Å²) in [4.78, 5) is 11.8. The van der Waals surface area contributed by atoms with Crippen molar-refractivity contribution < 1.29 is 9.26 Å². The van der Waals surface area contributed by atoms with Crippen molar-refractivity contribution in [1.29, 1.82) is 0 Å². The van der Waals surface area contributed by atoms with Gasteiger partial charge in [-0.15, -0.1) is 0 Å². The predicted octanol–water partition coefficient (Wildman–Crippen LogP) is 1.18. The highest BCUT2D eigenvalue weighted by Gasteiger charge is 2.09. The molecule has 0 saturated heterocycles. The number of aromatic nitrogens is 4. The lowest BCUT2D eigenvalue weighted by molar-refractivity contribution is 0.409. The first-order valence-electron chi connectivity index (χ1n) is 4.85. The lowest BCUT2D eigenvalue weighted by Gasteiger charge is -2.09. The number of rotatable bonds is 5. The van der Waals surface area contributed by atoms with Crippen molar-refractivity contribution in [2.75, 3.05) is 19.0 Å². The van der Waals surface area contributed by atoms with E-state index in [2.05, 4.69) is 29.9 Å². The molecule has 90 valence electrons. The van der Waals surface area contributed by atoms with E-state index in [-0.39, 0.29) is 5.15 Å². The van der Waals surface area contributed by atoms with E-state index in [9.17, 15) is 0 Å². The molecule has 0 fully saturated rings. The van der Waals surface area contributed by atoms with Gasteiger partial charge in [-0.25, -0.2) is 9.97 Å². The monoisotopic (exact) mass is 255 g/mol. The Morgan fingerprint density at radius 3 is 3.00 bits per heavy atom. The maximum atomic E-state index is 5.85. The maximum absolute atomic E-state index is 5.85. The van der Waals surface area contributed by atoms with Crippen LogP contribution in [0.2, 0.25) is 5.15 Å². The molecule has 7 nitrogen and oxygen atoms in total. The van der Waals surface area contributed by atoms with Crippen LogP contribution in [-0.2, 0) is 6.42 Å². The summed E-state index contributed by atoms with van der Waals surface area (Å²) in [6.45, 7) is 0.587. The molecule has 0 amide bonds. The lowest BCUT2D eigenvalue weighted by atomic mass is 10.4. The largest absolute Gasteiger partial charge is 0.490 e. The Kier molecular flexibility index (Phi) is 3.71. The molecule has 1 N–H and O–H groups in total. The quantitative estimate of drug-likeness (QED) is 0.803. The SMILES string of the molecule is COc1c(Cl)ncnc1NCCc1ncon1. The summed E-state index contributed by atoms with van der Waals surface area (Å²) < 4.78 is 9.72. The van der Waals surface area contributed by atoms with Crippen LogP contribution in [0.15, 0.2) is 17.2 Å². The molecule has 0 aliphatic heterocycles. The zero-order chi connectivity index (χ0) is 12.1. The first kappa shape index (κ1) is 11.6. The summed E-state index contributed by atoms with van der Waals surface area (Å²) in [6.07, 6.45) is 3.26. The second-order valence-electron chi connectivity index (χ2n) is 3.07. The molecule has 8 heteroatoms. The average molecular weight is 256 g/mol. The van der Waals surface area contributed by atoms with Crippen molar-refractivity contribution in [3.8, 4) is 5.75 Å². The second-order valence-corrected chi connectivity index (χ2v) is 3.43. The number of hydrogen-bond donors (Lipinski definition) is 1. The minimum absolute atomic E-state index is 0.268. The third kappa shape index (κ3) is 2.82. The summed E-state index contributed by atoms with van der Waals surface area (Å²) in [5.74, 6) is 1.58. The molecule has 2 aromatic heterocycles. The molecule has 0 atom stereocenters. The first-order chi connectivity index (χ1) is 8.31. The maximum Gasteiger partial charge on any atom is 0.213 e. The van der Waals surface area contributed by atoms with Gasteiger partial charge in [-0.3, -0.25) is 0 Å². The van der Waals surface area contributed by atoms with Gasteiger partial charge in [0.15, 0.2) is 22.5 Å². The minimum atomic E-state index is 0.268. The molecule has 2 heterocycles. The minimum Gasteiger partial charge on any atom is -0.490 e. The molecular formula is C9H10ClN5O2. The first-order valence-corrected chi connectivity index (χ1v) is 5.22. The topological polar surface area (TPSA) is 86.0 Å². The lowest BCUT2D eigenvalue weighted by Crippen LogP contribution is -2.09. The number of nitrogens with zero attached hydrogens (tertiary/aromatic N) is 4. The highest BCUT2D eigenvalue weighted by Crippen LogP contribution is 2.27. The number of ether oxygens (including phenoxy) is 1. The predicted molar refractivity (Wildman–Crippen MR) is 60.1 cm³/mol. The number of methoxy groups -OCH3 is 1. The van der Waals surface area contributed by atoms with Gasteiger partial charge in [-0.1, -0.05) is 16.8 Å².